The molecule has 0 atom stereocenters. The minimum absolute atomic E-state index is 0.0995. The quantitative estimate of drug-likeness (QED) is 0.625. The van der Waals surface area contributed by atoms with Crippen LogP contribution in [0.2, 0.25) is 0 Å². The van der Waals surface area contributed by atoms with Crippen molar-refractivity contribution in [2.75, 3.05) is 39.3 Å². The van der Waals surface area contributed by atoms with E-state index < -0.39 is 21.7 Å². The van der Waals surface area contributed by atoms with Gasteiger partial charge >= 0.3 is 6.09 Å². The Morgan fingerprint density at radius 3 is 2.41 bits per heavy atom. The van der Waals surface area contributed by atoms with Crippen LogP contribution in [-0.2, 0) is 14.8 Å². The van der Waals surface area contributed by atoms with Gasteiger partial charge in [-0.2, -0.15) is 4.31 Å². The minimum atomic E-state index is -3.63. The summed E-state index contributed by atoms with van der Waals surface area (Å²) in [5.41, 5.74) is -0.563. The number of alkyl carbamates (subject to hydrolysis) is 1. The van der Waals surface area contributed by atoms with Crippen molar-refractivity contribution in [2.45, 2.75) is 75.1 Å². The van der Waals surface area contributed by atoms with Crippen molar-refractivity contribution >= 4 is 16.1 Å². The van der Waals surface area contributed by atoms with Crippen LogP contribution >= 0.6 is 0 Å². The average Bonchev–Trinajstić information content (AvgIpc) is 2.76. The van der Waals surface area contributed by atoms with Crippen LogP contribution in [0.1, 0.15) is 46.5 Å². The van der Waals surface area contributed by atoms with Crippen LogP contribution in [-0.4, -0.2) is 86.8 Å². The van der Waals surface area contributed by atoms with Gasteiger partial charge in [0.05, 0.1) is 4.90 Å². The van der Waals surface area contributed by atoms with Crippen LogP contribution in [0.15, 0.2) is 29.2 Å². The van der Waals surface area contributed by atoms with Crippen LogP contribution in [0.25, 0.3) is 0 Å². The Balaban J connectivity index is 1.28. The summed E-state index contributed by atoms with van der Waals surface area (Å²) in [6.07, 6.45) is 3.07. The van der Waals surface area contributed by atoms with Crippen molar-refractivity contribution in [3.63, 3.8) is 0 Å². The fraction of sp³-hybridized carbons (Fsp3) is 0.708. The first-order valence-corrected chi connectivity index (χ1v) is 13.8. The van der Waals surface area contributed by atoms with Gasteiger partial charge in [-0.25, -0.2) is 13.2 Å². The lowest BCUT2D eigenvalue weighted by molar-refractivity contribution is -0.0170. The summed E-state index contributed by atoms with van der Waals surface area (Å²) < 4.78 is 39.3. The number of nitrogens with one attached hydrogen (secondary N) is 2. The number of carbonyl (C=O) groups is 1. The number of hydrogen-bond acceptors (Lipinski definition) is 7. The molecule has 3 saturated heterocycles. The van der Waals surface area contributed by atoms with E-state index in [1.54, 1.807) is 18.2 Å². The topological polar surface area (TPSA) is 100 Å². The minimum Gasteiger partial charge on any atom is -0.488 e. The summed E-state index contributed by atoms with van der Waals surface area (Å²) in [4.78, 5) is 14.7. The van der Waals surface area contributed by atoms with Gasteiger partial charge in [0, 0.05) is 44.3 Å². The van der Waals surface area contributed by atoms with Crippen LogP contribution in [0.3, 0.4) is 0 Å². The number of nitrogens with zero attached hydrogens (tertiary/aromatic N) is 2. The van der Waals surface area contributed by atoms with Gasteiger partial charge in [-0.1, -0.05) is 6.07 Å². The summed E-state index contributed by atoms with van der Waals surface area (Å²) in [7, 11) is -3.63. The Morgan fingerprint density at radius 2 is 1.76 bits per heavy atom. The molecule has 2 N–H and O–H groups in total. The standard InChI is InChI=1S/C24H38N4O5S/c1-24(2,3)33-23(29)26-18-9-13-28(14-10-18)34(30,31)22-6-4-5-20(15-22)32-21-16-27(17-21)19-7-11-25-12-8-19/h4-6,15,18-19,21,25H,7-14,16-17H2,1-3H3,(H,26,29). The second-order valence-corrected chi connectivity index (χ2v) is 12.4. The zero-order valence-corrected chi connectivity index (χ0v) is 21.3. The highest BCUT2D eigenvalue weighted by atomic mass is 32.2. The third-order valence-electron chi connectivity index (χ3n) is 6.62. The number of likely N-dealkylation sites (tertiary alicyclic amines) is 1. The number of piperidine rings is 2. The van der Waals surface area contributed by atoms with E-state index in [1.807, 2.05) is 26.8 Å². The highest BCUT2D eigenvalue weighted by Gasteiger charge is 2.35. The highest BCUT2D eigenvalue weighted by molar-refractivity contribution is 7.89. The Labute approximate surface area is 203 Å². The summed E-state index contributed by atoms with van der Waals surface area (Å²) in [5.74, 6) is 0.595. The number of carbonyl (C=O) groups excluding carboxylic acids is 1. The molecular formula is C24H38N4O5S. The maximum Gasteiger partial charge on any atom is 0.407 e. The van der Waals surface area contributed by atoms with Gasteiger partial charge in [0.15, 0.2) is 0 Å². The predicted octanol–water partition coefficient (Wildman–Crippen LogP) is 2.18. The van der Waals surface area contributed by atoms with E-state index in [4.69, 9.17) is 9.47 Å². The summed E-state index contributed by atoms with van der Waals surface area (Å²) in [6, 6.07) is 7.34. The van der Waals surface area contributed by atoms with E-state index in [1.165, 1.54) is 17.1 Å². The first-order valence-electron chi connectivity index (χ1n) is 12.3. The van der Waals surface area contributed by atoms with E-state index in [9.17, 15) is 13.2 Å². The second kappa shape index (κ2) is 10.4. The van der Waals surface area contributed by atoms with Crippen LogP contribution < -0.4 is 15.4 Å². The summed E-state index contributed by atoms with van der Waals surface area (Å²) >= 11 is 0. The van der Waals surface area contributed by atoms with Crippen LogP contribution in [0, 0.1) is 0 Å². The van der Waals surface area contributed by atoms with Crippen molar-refractivity contribution < 1.29 is 22.7 Å². The Bertz CT molecular complexity index is 944. The van der Waals surface area contributed by atoms with Gasteiger partial charge in [0.1, 0.15) is 17.5 Å². The number of rotatable bonds is 6. The molecule has 1 aromatic carbocycles. The first-order chi connectivity index (χ1) is 16.1. The molecule has 34 heavy (non-hydrogen) atoms. The van der Waals surface area contributed by atoms with E-state index in [2.05, 4.69) is 15.5 Å². The largest absolute Gasteiger partial charge is 0.488 e. The first kappa shape index (κ1) is 25.2. The van der Waals surface area contributed by atoms with E-state index in [-0.39, 0.29) is 17.0 Å². The van der Waals surface area contributed by atoms with E-state index in [0.717, 1.165) is 26.2 Å². The second-order valence-electron chi connectivity index (χ2n) is 10.5. The molecule has 3 heterocycles. The monoisotopic (exact) mass is 494 g/mol. The van der Waals surface area contributed by atoms with Crippen molar-refractivity contribution in [1.82, 2.24) is 19.8 Å². The Morgan fingerprint density at radius 1 is 1.09 bits per heavy atom. The van der Waals surface area contributed by atoms with Crippen molar-refractivity contribution in [2.24, 2.45) is 0 Å². The molecule has 3 fully saturated rings. The molecule has 0 radical (unpaired) electrons. The number of benzene rings is 1. The molecule has 1 aromatic rings. The van der Waals surface area contributed by atoms with Crippen LogP contribution in [0.4, 0.5) is 4.79 Å². The highest BCUT2D eigenvalue weighted by Crippen LogP contribution is 2.27. The molecule has 3 aliphatic rings. The Hall–Kier alpha value is -1.88. The van der Waals surface area contributed by atoms with E-state index >= 15 is 0 Å². The van der Waals surface area contributed by atoms with Gasteiger partial charge in [0.2, 0.25) is 10.0 Å². The maximum absolute atomic E-state index is 13.2. The van der Waals surface area contributed by atoms with Gasteiger partial charge in [-0.15, -0.1) is 0 Å². The molecule has 190 valence electrons. The molecule has 4 rings (SSSR count). The van der Waals surface area contributed by atoms with Gasteiger partial charge in [0.25, 0.3) is 0 Å². The average molecular weight is 495 g/mol. The zero-order chi connectivity index (χ0) is 24.3. The fourth-order valence-corrected chi connectivity index (χ4v) is 6.28. The normalized spacial score (nSPS) is 22.2. The van der Waals surface area contributed by atoms with Gasteiger partial charge < -0.3 is 20.1 Å². The lowest BCUT2D eigenvalue weighted by Crippen LogP contribution is -2.59. The van der Waals surface area contributed by atoms with Gasteiger partial charge in [-0.3, -0.25) is 4.90 Å². The molecule has 1 amide bonds. The molecule has 0 bridgehead atoms. The molecule has 0 spiro atoms. The third-order valence-corrected chi connectivity index (χ3v) is 8.52. The molecule has 0 aromatic heterocycles. The van der Waals surface area contributed by atoms with E-state index in [0.29, 0.717) is 37.7 Å². The Kier molecular flexibility index (Phi) is 7.71. The SMILES string of the molecule is CC(C)(C)OC(=O)NC1CCN(S(=O)(=O)c2cccc(OC3CN(C4CCNCC4)C3)c2)CC1. The lowest BCUT2D eigenvalue weighted by Gasteiger charge is -2.45. The van der Waals surface area contributed by atoms with Crippen molar-refractivity contribution in [1.29, 1.82) is 0 Å². The summed E-state index contributed by atoms with van der Waals surface area (Å²) in [6.45, 7) is 10.1. The number of sulfonamides is 1. The lowest BCUT2D eigenvalue weighted by atomic mass is 10.00. The third kappa shape index (κ3) is 6.41. The molecular weight excluding hydrogens is 456 g/mol. The maximum atomic E-state index is 13.2. The fourth-order valence-electron chi connectivity index (χ4n) is 4.78. The molecule has 0 aliphatic carbocycles. The predicted molar refractivity (Wildman–Crippen MR) is 129 cm³/mol. The number of amides is 1. The molecule has 0 saturated carbocycles. The van der Waals surface area contributed by atoms with Crippen molar-refractivity contribution in [3.8, 4) is 5.75 Å². The molecule has 3 aliphatic heterocycles. The zero-order valence-electron chi connectivity index (χ0n) is 20.5. The van der Waals surface area contributed by atoms with Gasteiger partial charge in [-0.05, 0) is 71.7 Å². The number of hydrogen-bond donors (Lipinski definition) is 2. The molecule has 0 unspecified atom stereocenters. The summed E-state index contributed by atoms with van der Waals surface area (Å²) in [5, 5.41) is 6.24. The molecule has 9 nitrogen and oxygen atoms in total. The smallest absolute Gasteiger partial charge is 0.407 e. The van der Waals surface area contributed by atoms with Crippen LogP contribution in [0.5, 0.6) is 5.75 Å². The van der Waals surface area contributed by atoms with Crippen molar-refractivity contribution in [3.05, 3.63) is 24.3 Å². The molecule has 10 heteroatoms. The number of ether oxygens (including phenoxy) is 2.